The molecule has 2 heterocycles. The molecule has 0 unspecified atom stereocenters. The van der Waals surface area contributed by atoms with Gasteiger partial charge in [-0.2, -0.15) is 0 Å². The number of benzene rings is 1. The lowest BCUT2D eigenvalue weighted by Crippen LogP contribution is -2.35. The van der Waals surface area contributed by atoms with Crippen molar-refractivity contribution >= 4 is 29.3 Å². The van der Waals surface area contributed by atoms with Crippen LogP contribution in [-0.2, 0) is 9.53 Å². The lowest BCUT2D eigenvalue weighted by atomic mass is 10.2. The summed E-state index contributed by atoms with van der Waals surface area (Å²) in [6, 6.07) is 11.0. The van der Waals surface area contributed by atoms with Crippen molar-refractivity contribution < 1.29 is 14.3 Å². The van der Waals surface area contributed by atoms with Crippen LogP contribution in [0.3, 0.4) is 0 Å². The summed E-state index contributed by atoms with van der Waals surface area (Å²) in [5.74, 6) is -0.726. The highest BCUT2D eigenvalue weighted by Gasteiger charge is 2.24. The third-order valence-electron chi connectivity index (χ3n) is 3.79. The number of hydrogen-bond donors (Lipinski definition) is 0. The molecule has 124 valence electrons. The Morgan fingerprint density at radius 3 is 2.79 bits per heavy atom. The van der Waals surface area contributed by atoms with Crippen LogP contribution in [0.25, 0.3) is 0 Å². The fourth-order valence-electron chi connectivity index (χ4n) is 2.52. The van der Waals surface area contributed by atoms with Gasteiger partial charge in [0, 0.05) is 29.1 Å². The summed E-state index contributed by atoms with van der Waals surface area (Å²) in [6.45, 7) is 2.50. The maximum absolute atomic E-state index is 12.6. The van der Waals surface area contributed by atoms with Gasteiger partial charge in [-0.1, -0.05) is 19.1 Å². The normalized spacial score (nSPS) is 16.9. The largest absolute Gasteiger partial charge is 0.452 e. The third-order valence-corrected chi connectivity index (χ3v) is 5.02. The number of anilines is 1. The highest BCUT2D eigenvalue weighted by molar-refractivity contribution is 8.00. The van der Waals surface area contributed by atoms with E-state index in [9.17, 15) is 9.59 Å². The number of pyridine rings is 1. The standard InChI is InChI=1S/C18H18N2O3S/c1-13-8-11-20(15-4-2-3-5-16(15)24-13)17(21)12-23-18(22)14-6-9-19-10-7-14/h2-7,9-10,13H,8,11-12H2,1H3/t13-/m1/s1. The molecule has 1 atom stereocenters. The highest BCUT2D eigenvalue weighted by Crippen LogP contribution is 2.37. The lowest BCUT2D eigenvalue weighted by Gasteiger charge is -2.22. The number of amides is 1. The smallest absolute Gasteiger partial charge is 0.338 e. The minimum atomic E-state index is -0.517. The highest BCUT2D eigenvalue weighted by atomic mass is 32.2. The molecular weight excluding hydrogens is 324 g/mol. The van der Waals surface area contributed by atoms with Gasteiger partial charge >= 0.3 is 5.97 Å². The van der Waals surface area contributed by atoms with E-state index >= 15 is 0 Å². The Kier molecular flexibility index (Phi) is 5.15. The number of carbonyl (C=O) groups is 2. The Balaban J connectivity index is 1.70. The van der Waals surface area contributed by atoms with Crippen molar-refractivity contribution in [3.8, 4) is 0 Å². The van der Waals surface area contributed by atoms with Crippen LogP contribution in [0.1, 0.15) is 23.7 Å². The molecule has 2 aromatic rings. The first-order valence-electron chi connectivity index (χ1n) is 7.78. The number of ether oxygens (including phenoxy) is 1. The molecule has 0 N–H and O–H groups in total. The van der Waals surface area contributed by atoms with Gasteiger partial charge in [0.2, 0.25) is 0 Å². The van der Waals surface area contributed by atoms with E-state index in [1.807, 2.05) is 24.3 Å². The summed E-state index contributed by atoms with van der Waals surface area (Å²) in [6.07, 6.45) is 3.92. The number of fused-ring (bicyclic) bond motifs is 1. The number of nitrogens with zero attached hydrogens (tertiary/aromatic N) is 2. The molecule has 0 bridgehead atoms. The predicted octanol–water partition coefficient (Wildman–Crippen LogP) is 3.16. The van der Waals surface area contributed by atoms with Crippen molar-refractivity contribution in [2.45, 2.75) is 23.5 Å². The predicted molar refractivity (Wildman–Crippen MR) is 93.3 cm³/mol. The molecule has 0 spiro atoms. The fraction of sp³-hybridized carbons (Fsp3) is 0.278. The van der Waals surface area contributed by atoms with Crippen LogP contribution in [0, 0.1) is 0 Å². The molecule has 1 aliphatic rings. The quantitative estimate of drug-likeness (QED) is 0.802. The van der Waals surface area contributed by atoms with Crippen LogP contribution >= 0.6 is 11.8 Å². The summed E-state index contributed by atoms with van der Waals surface area (Å²) in [5, 5.41) is 0.434. The van der Waals surface area contributed by atoms with Gasteiger partial charge in [-0.25, -0.2) is 4.79 Å². The van der Waals surface area contributed by atoms with Crippen LogP contribution in [0.5, 0.6) is 0 Å². The minimum absolute atomic E-state index is 0.209. The summed E-state index contributed by atoms with van der Waals surface area (Å²) in [4.78, 5) is 31.2. The first-order chi connectivity index (χ1) is 11.6. The number of rotatable bonds is 3. The molecule has 5 nitrogen and oxygen atoms in total. The van der Waals surface area contributed by atoms with Gasteiger partial charge in [0.1, 0.15) is 0 Å². The Hall–Kier alpha value is -2.34. The van der Waals surface area contributed by atoms with Crippen LogP contribution in [-0.4, -0.2) is 35.3 Å². The van der Waals surface area contributed by atoms with Crippen molar-refractivity contribution in [2.24, 2.45) is 0 Å². The molecule has 1 aromatic carbocycles. The molecule has 0 saturated carbocycles. The van der Waals surface area contributed by atoms with E-state index in [1.165, 1.54) is 12.4 Å². The maximum atomic E-state index is 12.6. The first kappa shape index (κ1) is 16.5. The zero-order valence-electron chi connectivity index (χ0n) is 13.3. The van der Waals surface area contributed by atoms with E-state index in [1.54, 1.807) is 28.8 Å². The summed E-state index contributed by atoms with van der Waals surface area (Å²) in [7, 11) is 0. The summed E-state index contributed by atoms with van der Waals surface area (Å²) >= 11 is 1.77. The van der Waals surface area contributed by atoms with Gasteiger partial charge in [-0.15, -0.1) is 11.8 Å². The van der Waals surface area contributed by atoms with Gasteiger partial charge in [-0.3, -0.25) is 9.78 Å². The molecule has 3 rings (SSSR count). The van der Waals surface area contributed by atoms with Crippen LogP contribution in [0.15, 0.2) is 53.7 Å². The van der Waals surface area contributed by atoms with Crippen molar-refractivity contribution in [3.63, 3.8) is 0 Å². The molecule has 6 heteroatoms. The summed E-state index contributed by atoms with van der Waals surface area (Å²) in [5.41, 5.74) is 1.27. The maximum Gasteiger partial charge on any atom is 0.338 e. The van der Waals surface area contributed by atoms with E-state index < -0.39 is 5.97 Å². The number of carbonyl (C=O) groups excluding carboxylic acids is 2. The number of para-hydroxylation sites is 1. The molecule has 0 saturated heterocycles. The minimum Gasteiger partial charge on any atom is -0.452 e. The molecule has 0 fully saturated rings. The van der Waals surface area contributed by atoms with E-state index in [2.05, 4.69) is 11.9 Å². The second-order valence-electron chi connectivity index (χ2n) is 5.54. The number of esters is 1. The SMILES string of the molecule is C[C@@H]1CCN(C(=O)COC(=O)c2ccncc2)c2ccccc2S1. The second-order valence-corrected chi connectivity index (χ2v) is 7.02. The lowest BCUT2D eigenvalue weighted by molar-refractivity contribution is -0.121. The average molecular weight is 342 g/mol. The molecule has 24 heavy (non-hydrogen) atoms. The monoisotopic (exact) mass is 342 g/mol. The molecule has 0 aliphatic carbocycles. The van der Waals surface area contributed by atoms with E-state index in [-0.39, 0.29) is 12.5 Å². The Bertz CT molecular complexity index is 736. The van der Waals surface area contributed by atoms with Crippen molar-refractivity contribution in [3.05, 3.63) is 54.4 Å². The average Bonchev–Trinajstić information content (AvgIpc) is 2.78. The molecule has 1 aliphatic heterocycles. The second kappa shape index (κ2) is 7.49. The van der Waals surface area contributed by atoms with E-state index in [0.29, 0.717) is 17.4 Å². The number of hydrogen-bond acceptors (Lipinski definition) is 5. The van der Waals surface area contributed by atoms with Gasteiger partial charge in [-0.05, 0) is 30.7 Å². The topological polar surface area (TPSA) is 59.5 Å². The Morgan fingerprint density at radius 1 is 1.25 bits per heavy atom. The molecular formula is C18H18N2O3S. The van der Waals surface area contributed by atoms with Crippen molar-refractivity contribution in [1.82, 2.24) is 4.98 Å². The van der Waals surface area contributed by atoms with Gasteiger partial charge in [0.05, 0.1) is 11.3 Å². The molecule has 0 radical (unpaired) electrons. The van der Waals surface area contributed by atoms with E-state index in [4.69, 9.17) is 4.74 Å². The van der Waals surface area contributed by atoms with Gasteiger partial charge in [0.25, 0.3) is 5.91 Å². The van der Waals surface area contributed by atoms with Crippen LogP contribution < -0.4 is 4.90 Å². The Labute approximate surface area is 145 Å². The van der Waals surface area contributed by atoms with E-state index in [0.717, 1.165) is 17.0 Å². The van der Waals surface area contributed by atoms with Gasteiger partial charge < -0.3 is 9.64 Å². The van der Waals surface area contributed by atoms with Crippen LogP contribution in [0.2, 0.25) is 0 Å². The number of thioether (sulfide) groups is 1. The third kappa shape index (κ3) is 3.76. The van der Waals surface area contributed by atoms with Crippen molar-refractivity contribution in [2.75, 3.05) is 18.1 Å². The van der Waals surface area contributed by atoms with Gasteiger partial charge in [0.15, 0.2) is 6.61 Å². The fourth-order valence-corrected chi connectivity index (χ4v) is 3.64. The number of aromatic nitrogens is 1. The molecule has 1 amide bonds. The van der Waals surface area contributed by atoms with Crippen molar-refractivity contribution in [1.29, 1.82) is 0 Å². The summed E-state index contributed by atoms with van der Waals surface area (Å²) < 4.78 is 5.16. The molecule has 1 aromatic heterocycles. The zero-order chi connectivity index (χ0) is 16.9. The van der Waals surface area contributed by atoms with Crippen LogP contribution in [0.4, 0.5) is 5.69 Å². The zero-order valence-corrected chi connectivity index (χ0v) is 14.2. The Morgan fingerprint density at radius 2 is 2.00 bits per heavy atom. The first-order valence-corrected chi connectivity index (χ1v) is 8.66.